The first-order chi connectivity index (χ1) is 11.1. The molecule has 7 heteroatoms. The van der Waals surface area contributed by atoms with Crippen LogP contribution in [0.25, 0.3) is 17.1 Å². The van der Waals surface area contributed by atoms with Gasteiger partial charge in [-0.1, -0.05) is 42.5 Å². The molecule has 1 unspecified atom stereocenters. The SMILES string of the molecule is NC(Cc1ccc(-n2nnc(-c3ccccc3)n2)cc1)C(=O)O. The minimum absolute atomic E-state index is 0.273. The van der Waals surface area contributed by atoms with Crippen LogP contribution >= 0.6 is 0 Å². The molecule has 3 aromatic rings. The van der Waals surface area contributed by atoms with Crippen molar-refractivity contribution in [3.8, 4) is 17.1 Å². The van der Waals surface area contributed by atoms with Gasteiger partial charge >= 0.3 is 5.97 Å². The molecule has 0 fully saturated rings. The molecule has 0 amide bonds. The highest BCUT2D eigenvalue weighted by Crippen LogP contribution is 2.14. The van der Waals surface area contributed by atoms with Gasteiger partial charge in [0.15, 0.2) is 0 Å². The lowest BCUT2D eigenvalue weighted by molar-refractivity contribution is -0.138. The number of rotatable bonds is 5. The summed E-state index contributed by atoms with van der Waals surface area (Å²) in [6, 6.07) is 15.9. The van der Waals surface area contributed by atoms with Gasteiger partial charge in [-0.3, -0.25) is 4.79 Å². The van der Waals surface area contributed by atoms with E-state index < -0.39 is 12.0 Å². The molecular weight excluding hydrogens is 294 g/mol. The summed E-state index contributed by atoms with van der Waals surface area (Å²) in [6.45, 7) is 0. The first-order valence-corrected chi connectivity index (χ1v) is 7.06. The van der Waals surface area contributed by atoms with Crippen molar-refractivity contribution in [2.45, 2.75) is 12.5 Å². The summed E-state index contributed by atoms with van der Waals surface area (Å²) in [5.74, 6) is -0.470. The Morgan fingerprint density at radius 3 is 2.48 bits per heavy atom. The van der Waals surface area contributed by atoms with Crippen molar-refractivity contribution in [1.29, 1.82) is 0 Å². The minimum atomic E-state index is -1.01. The van der Waals surface area contributed by atoms with Gasteiger partial charge in [-0.25, -0.2) is 0 Å². The molecule has 0 saturated carbocycles. The number of hydrogen-bond donors (Lipinski definition) is 2. The average molecular weight is 309 g/mol. The Morgan fingerprint density at radius 2 is 1.83 bits per heavy atom. The third-order valence-electron chi connectivity index (χ3n) is 3.39. The second-order valence-corrected chi connectivity index (χ2v) is 5.08. The lowest BCUT2D eigenvalue weighted by Gasteiger charge is -2.06. The Balaban J connectivity index is 1.78. The molecule has 0 saturated heterocycles. The largest absolute Gasteiger partial charge is 0.480 e. The maximum absolute atomic E-state index is 10.8. The molecule has 23 heavy (non-hydrogen) atoms. The van der Waals surface area contributed by atoms with Gasteiger partial charge in [-0.15, -0.1) is 15.0 Å². The van der Waals surface area contributed by atoms with Gasteiger partial charge in [0, 0.05) is 5.56 Å². The smallest absolute Gasteiger partial charge is 0.320 e. The van der Waals surface area contributed by atoms with E-state index in [0.717, 1.165) is 16.8 Å². The first-order valence-electron chi connectivity index (χ1n) is 7.06. The fourth-order valence-corrected chi connectivity index (χ4v) is 2.13. The zero-order chi connectivity index (χ0) is 16.2. The van der Waals surface area contributed by atoms with E-state index in [-0.39, 0.29) is 6.42 Å². The topological polar surface area (TPSA) is 107 Å². The number of aromatic nitrogens is 4. The van der Waals surface area contributed by atoms with Crippen molar-refractivity contribution in [2.75, 3.05) is 0 Å². The Labute approximate surface area is 132 Å². The highest BCUT2D eigenvalue weighted by atomic mass is 16.4. The third kappa shape index (κ3) is 3.41. The standard InChI is InChI=1S/C16H15N5O2/c17-14(16(22)23)10-11-6-8-13(9-7-11)21-19-15(18-20-21)12-4-2-1-3-5-12/h1-9,14H,10,17H2,(H,22,23). The van der Waals surface area contributed by atoms with Crippen LogP contribution in [0.15, 0.2) is 54.6 Å². The molecule has 0 radical (unpaired) electrons. The van der Waals surface area contributed by atoms with Crippen molar-refractivity contribution in [1.82, 2.24) is 20.2 Å². The van der Waals surface area contributed by atoms with E-state index in [2.05, 4.69) is 15.4 Å². The number of aliphatic carboxylic acids is 1. The Bertz CT molecular complexity index is 799. The molecule has 0 aliphatic carbocycles. The minimum Gasteiger partial charge on any atom is -0.480 e. The monoisotopic (exact) mass is 309 g/mol. The second kappa shape index (κ2) is 6.37. The highest BCUT2D eigenvalue weighted by Gasteiger charge is 2.12. The molecule has 116 valence electrons. The Kier molecular flexibility index (Phi) is 4.11. The van der Waals surface area contributed by atoms with Gasteiger partial charge in [0.25, 0.3) is 0 Å². The van der Waals surface area contributed by atoms with Crippen LogP contribution in [-0.2, 0) is 11.2 Å². The van der Waals surface area contributed by atoms with Gasteiger partial charge in [0.2, 0.25) is 5.82 Å². The highest BCUT2D eigenvalue weighted by molar-refractivity contribution is 5.73. The van der Waals surface area contributed by atoms with Crippen molar-refractivity contribution in [2.24, 2.45) is 5.73 Å². The van der Waals surface area contributed by atoms with Crippen LogP contribution in [0.2, 0.25) is 0 Å². The van der Waals surface area contributed by atoms with Gasteiger partial charge in [-0.2, -0.15) is 0 Å². The fraction of sp³-hybridized carbons (Fsp3) is 0.125. The van der Waals surface area contributed by atoms with Gasteiger partial charge < -0.3 is 10.8 Å². The van der Waals surface area contributed by atoms with Crippen molar-refractivity contribution >= 4 is 5.97 Å². The molecule has 0 bridgehead atoms. The number of carbonyl (C=O) groups is 1. The van der Waals surface area contributed by atoms with E-state index in [9.17, 15) is 4.79 Å². The van der Waals surface area contributed by atoms with Crippen LogP contribution in [0, 0.1) is 0 Å². The molecule has 0 spiro atoms. The lowest BCUT2D eigenvalue weighted by atomic mass is 10.1. The van der Waals surface area contributed by atoms with Crippen LogP contribution in [0.4, 0.5) is 0 Å². The van der Waals surface area contributed by atoms with Crippen molar-refractivity contribution < 1.29 is 9.90 Å². The molecule has 2 aromatic carbocycles. The van der Waals surface area contributed by atoms with E-state index in [1.54, 1.807) is 12.1 Å². The molecule has 1 atom stereocenters. The quantitative estimate of drug-likeness (QED) is 0.735. The third-order valence-corrected chi connectivity index (χ3v) is 3.39. The van der Waals surface area contributed by atoms with Gasteiger partial charge in [0.1, 0.15) is 6.04 Å². The summed E-state index contributed by atoms with van der Waals surface area (Å²) in [6.07, 6.45) is 0.273. The zero-order valence-corrected chi connectivity index (χ0v) is 12.2. The Hall–Kier alpha value is -3.06. The van der Waals surface area contributed by atoms with Crippen LogP contribution in [0.1, 0.15) is 5.56 Å². The van der Waals surface area contributed by atoms with E-state index in [0.29, 0.717) is 5.82 Å². The maximum Gasteiger partial charge on any atom is 0.320 e. The number of benzene rings is 2. The average Bonchev–Trinajstić information content (AvgIpc) is 3.06. The first kappa shape index (κ1) is 14.9. The number of carboxylic acid groups (broad SMARTS) is 1. The summed E-state index contributed by atoms with van der Waals surface area (Å²) >= 11 is 0. The lowest BCUT2D eigenvalue weighted by Crippen LogP contribution is -2.32. The zero-order valence-electron chi connectivity index (χ0n) is 12.2. The summed E-state index contributed by atoms with van der Waals surface area (Å²) < 4.78 is 0. The maximum atomic E-state index is 10.8. The molecular formula is C16H15N5O2. The Morgan fingerprint density at radius 1 is 1.13 bits per heavy atom. The predicted molar refractivity (Wildman–Crippen MR) is 83.9 cm³/mol. The molecule has 3 rings (SSSR count). The molecule has 3 N–H and O–H groups in total. The van der Waals surface area contributed by atoms with E-state index in [1.807, 2.05) is 42.5 Å². The number of hydrogen-bond acceptors (Lipinski definition) is 5. The van der Waals surface area contributed by atoms with Crippen LogP contribution in [0.5, 0.6) is 0 Å². The summed E-state index contributed by atoms with van der Waals surface area (Å²) in [4.78, 5) is 12.2. The summed E-state index contributed by atoms with van der Waals surface area (Å²) in [5.41, 5.74) is 8.00. The molecule has 1 heterocycles. The molecule has 1 aromatic heterocycles. The van der Waals surface area contributed by atoms with Crippen molar-refractivity contribution in [3.63, 3.8) is 0 Å². The van der Waals surface area contributed by atoms with Crippen LogP contribution in [-0.4, -0.2) is 37.3 Å². The van der Waals surface area contributed by atoms with E-state index in [4.69, 9.17) is 10.8 Å². The number of nitrogens with two attached hydrogens (primary N) is 1. The number of tetrazole rings is 1. The number of carboxylic acids is 1. The van der Waals surface area contributed by atoms with Gasteiger partial charge in [0.05, 0.1) is 5.69 Å². The molecule has 0 aliphatic rings. The van der Waals surface area contributed by atoms with Gasteiger partial charge in [-0.05, 0) is 29.3 Å². The molecule has 7 nitrogen and oxygen atoms in total. The van der Waals surface area contributed by atoms with Crippen LogP contribution < -0.4 is 5.73 Å². The molecule has 0 aliphatic heterocycles. The fourth-order valence-electron chi connectivity index (χ4n) is 2.13. The van der Waals surface area contributed by atoms with Crippen molar-refractivity contribution in [3.05, 3.63) is 60.2 Å². The van der Waals surface area contributed by atoms with E-state index >= 15 is 0 Å². The summed E-state index contributed by atoms with van der Waals surface area (Å²) in [7, 11) is 0. The second-order valence-electron chi connectivity index (χ2n) is 5.08. The summed E-state index contributed by atoms with van der Waals surface area (Å²) in [5, 5.41) is 21.3. The normalized spacial score (nSPS) is 12.0. The van der Waals surface area contributed by atoms with Crippen LogP contribution in [0.3, 0.4) is 0 Å². The number of nitrogens with zero attached hydrogens (tertiary/aromatic N) is 4. The predicted octanol–water partition coefficient (Wildman–Crippen LogP) is 1.28. The van der Waals surface area contributed by atoms with E-state index in [1.165, 1.54) is 4.80 Å².